The molecule has 1 aliphatic carbocycles. The fraction of sp³-hybridized carbons (Fsp3) is 0.276. The SMILES string of the molecule is Cc1ncc(Cl)cc1C(=O)N[C@H]1CC[C@H](Cn2c(=O)n(-c3ccc(-c4cnco4)cn3)c3ccccc32)CC1. The van der Waals surface area contributed by atoms with Crippen molar-refractivity contribution in [1.82, 2.24) is 29.4 Å². The average molecular weight is 543 g/mol. The second-order valence-electron chi connectivity index (χ2n) is 9.97. The molecular weight excluding hydrogens is 516 g/mol. The molecular formula is C29H27ClN6O3. The second-order valence-corrected chi connectivity index (χ2v) is 10.4. The van der Waals surface area contributed by atoms with E-state index >= 15 is 0 Å². The molecule has 1 fully saturated rings. The van der Waals surface area contributed by atoms with E-state index < -0.39 is 0 Å². The van der Waals surface area contributed by atoms with E-state index in [9.17, 15) is 9.59 Å². The van der Waals surface area contributed by atoms with E-state index in [-0.39, 0.29) is 17.6 Å². The normalized spacial score (nSPS) is 17.4. The maximum atomic E-state index is 13.7. The van der Waals surface area contributed by atoms with Crippen LogP contribution < -0.4 is 11.0 Å². The van der Waals surface area contributed by atoms with Crippen molar-refractivity contribution in [1.29, 1.82) is 0 Å². The molecule has 1 aliphatic rings. The van der Waals surface area contributed by atoms with Crippen LogP contribution in [-0.2, 0) is 6.54 Å². The lowest BCUT2D eigenvalue weighted by atomic mass is 9.85. The predicted molar refractivity (Wildman–Crippen MR) is 148 cm³/mol. The van der Waals surface area contributed by atoms with Gasteiger partial charge in [-0.05, 0) is 68.9 Å². The Morgan fingerprint density at radius 2 is 1.85 bits per heavy atom. The van der Waals surface area contributed by atoms with Crippen LogP contribution in [0.25, 0.3) is 28.2 Å². The first-order chi connectivity index (χ1) is 19.0. The van der Waals surface area contributed by atoms with Crippen molar-refractivity contribution in [3.8, 4) is 17.1 Å². The lowest BCUT2D eigenvalue weighted by Gasteiger charge is -2.29. The van der Waals surface area contributed by atoms with Crippen LogP contribution in [0, 0.1) is 12.8 Å². The number of hydrogen-bond acceptors (Lipinski definition) is 6. The maximum Gasteiger partial charge on any atom is 0.334 e. The Morgan fingerprint density at radius 1 is 1.05 bits per heavy atom. The minimum absolute atomic E-state index is 0.0808. The summed E-state index contributed by atoms with van der Waals surface area (Å²) in [7, 11) is 0. The Bertz CT molecular complexity index is 1680. The molecule has 10 heteroatoms. The summed E-state index contributed by atoms with van der Waals surface area (Å²) in [5.41, 5.74) is 3.53. The van der Waals surface area contributed by atoms with Crippen molar-refractivity contribution in [2.45, 2.75) is 45.2 Å². The first-order valence-electron chi connectivity index (χ1n) is 13.0. The van der Waals surface area contributed by atoms with Crippen molar-refractivity contribution in [2.24, 2.45) is 5.92 Å². The van der Waals surface area contributed by atoms with Crippen molar-refractivity contribution in [3.63, 3.8) is 0 Å². The number of oxazole rings is 1. The highest BCUT2D eigenvalue weighted by atomic mass is 35.5. The van der Waals surface area contributed by atoms with Gasteiger partial charge in [-0.3, -0.25) is 14.3 Å². The zero-order valence-electron chi connectivity index (χ0n) is 21.4. The van der Waals surface area contributed by atoms with Gasteiger partial charge in [0, 0.05) is 30.5 Å². The van der Waals surface area contributed by atoms with E-state index in [2.05, 4.69) is 20.3 Å². The van der Waals surface area contributed by atoms with Crippen molar-refractivity contribution in [3.05, 3.63) is 94.2 Å². The maximum absolute atomic E-state index is 13.7. The molecule has 1 aromatic carbocycles. The van der Waals surface area contributed by atoms with Crippen LogP contribution >= 0.6 is 11.6 Å². The molecule has 0 aliphatic heterocycles. The first-order valence-corrected chi connectivity index (χ1v) is 13.3. The van der Waals surface area contributed by atoms with Crippen molar-refractivity contribution < 1.29 is 9.21 Å². The molecule has 0 atom stereocenters. The van der Waals surface area contributed by atoms with Crippen molar-refractivity contribution in [2.75, 3.05) is 0 Å². The van der Waals surface area contributed by atoms with Crippen LogP contribution in [0.15, 0.2) is 76.7 Å². The van der Waals surface area contributed by atoms with Crippen LogP contribution in [0.5, 0.6) is 0 Å². The van der Waals surface area contributed by atoms with Gasteiger partial charge in [-0.2, -0.15) is 0 Å². The number of aryl methyl sites for hydroxylation is 1. The molecule has 6 rings (SSSR count). The summed E-state index contributed by atoms with van der Waals surface area (Å²) in [5, 5.41) is 3.58. The number of carbonyl (C=O) groups is 1. The van der Waals surface area contributed by atoms with E-state index in [1.54, 1.807) is 36.1 Å². The minimum Gasteiger partial charge on any atom is -0.443 e. The number of aromatic nitrogens is 5. The summed E-state index contributed by atoms with van der Waals surface area (Å²) in [5.74, 6) is 1.35. The molecule has 39 heavy (non-hydrogen) atoms. The zero-order chi connectivity index (χ0) is 26.9. The molecule has 1 amide bonds. The molecule has 0 saturated heterocycles. The van der Waals surface area contributed by atoms with E-state index in [1.807, 2.05) is 41.0 Å². The van der Waals surface area contributed by atoms with Crippen LogP contribution in [-0.4, -0.2) is 36.0 Å². The fourth-order valence-corrected chi connectivity index (χ4v) is 5.53. The van der Waals surface area contributed by atoms with E-state index in [1.165, 1.54) is 6.39 Å². The molecule has 0 bridgehead atoms. The number of nitrogens with zero attached hydrogens (tertiary/aromatic N) is 5. The van der Waals surface area contributed by atoms with E-state index in [0.29, 0.717) is 40.3 Å². The molecule has 1 saturated carbocycles. The number of imidazole rings is 1. The number of amides is 1. The molecule has 1 N–H and O–H groups in total. The van der Waals surface area contributed by atoms with E-state index in [0.717, 1.165) is 42.3 Å². The molecule has 5 aromatic rings. The molecule has 4 heterocycles. The summed E-state index contributed by atoms with van der Waals surface area (Å²) >= 11 is 6.04. The van der Waals surface area contributed by atoms with Gasteiger partial charge in [-0.15, -0.1) is 0 Å². The van der Waals surface area contributed by atoms with Crippen molar-refractivity contribution >= 4 is 28.5 Å². The van der Waals surface area contributed by atoms with Gasteiger partial charge in [-0.1, -0.05) is 23.7 Å². The number of nitrogens with one attached hydrogen (secondary N) is 1. The van der Waals surface area contributed by atoms with Gasteiger partial charge >= 0.3 is 5.69 Å². The molecule has 4 aromatic heterocycles. The van der Waals surface area contributed by atoms with Gasteiger partial charge in [0.15, 0.2) is 12.2 Å². The highest BCUT2D eigenvalue weighted by Gasteiger charge is 2.26. The van der Waals surface area contributed by atoms with Gasteiger partial charge in [0.2, 0.25) is 0 Å². The molecule has 0 unspecified atom stereocenters. The monoisotopic (exact) mass is 542 g/mol. The lowest BCUT2D eigenvalue weighted by Crippen LogP contribution is -2.39. The Hall–Kier alpha value is -4.24. The minimum atomic E-state index is -0.146. The number of halogens is 1. The molecule has 198 valence electrons. The third-order valence-corrected chi connectivity index (χ3v) is 7.66. The van der Waals surface area contributed by atoms with Crippen LogP contribution in [0.3, 0.4) is 0 Å². The Morgan fingerprint density at radius 3 is 2.56 bits per heavy atom. The summed E-state index contributed by atoms with van der Waals surface area (Å²) in [6.07, 6.45) is 9.75. The van der Waals surface area contributed by atoms with E-state index in [4.69, 9.17) is 16.0 Å². The highest BCUT2D eigenvalue weighted by Crippen LogP contribution is 2.28. The summed E-state index contributed by atoms with van der Waals surface area (Å²) in [6.45, 7) is 2.41. The Labute approximate surface area is 229 Å². The number of rotatable bonds is 6. The number of benzene rings is 1. The standard InChI is InChI=1S/C29H27ClN6O3/c1-18-23(12-21(30)14-32-18)28(37)34-22-9-6-19(7-10-22)16-35-24-4-2-3-5-25(24)36(29(35)38)27-11-8-20(13-33-27)26-15-31-17-39-26/h2-5,8,11-15,17,19,22H,6-7,9-10,16H2,1H3,(H,34,37)/t19-,22-. The number of para-hydroxylation sites is 2. The number of hydrogen-bond donors (Lipinski definition) is 1. The molecule has 0 radical (unpaired) electrons. The Kier molecular flexibility index (Phi) is 6.74. The second kappa shape index (κ2) is 10.5. The van der Waals surface area contributed by atoms with Crippen LogP contribution in [0.4, 0.5) is 0 Å². The Balaban J connectivity index is 1.18. The van der Waals surface area contributed by atoms with Gasteiger partial charge in [0.1, 0.15) is 5.82 Å². The van der Waals surface area contributed by atoms with Gasteiger partial charge in [0.25, 0.3) is 5.91 Å². The third kappa shape index (κ3) is 4.97. The highest BCUT2D eigenvalue weighted by molar-refractivity contribution is 6.30. The van der Waals surface area contributed by atoms with Gasteiger partial charge in [-0.25, -0.2) is 19.3 Å². The topological polar surface area (TPSA) is 108 Å². The van der Waals surface area contributed by atoms with Crippen LogP contribution in [0.1, 0.15) is 41.7 Å². The van der Waals surface area contributed by atoms with Crippen LogP contribution in [0.2, 0.25) is 5.02 Å². The summed E-state index contributed by atoms with van der Waals surface area (Å²) in [4.78, 5) is 39.2. The smallest absolute Gasteiger partial charge is 0.334 e. The average Bonchev–Trinajstić information content (AvgIpc) is 3.58. The lowest BCUT2D eigenvalue weighted by molar-refractivity contribution is 0.0919. The fourth-order valence-electron chi connectivity index (χ4n) is 5.38. The molecule has 0 spiro atoms. The summed E-state index contributed by atoms with van der Waals surface area (Å²) < 4.78 is 8.87. The largest absolute Gasteiger partial charge is 0.443 e. The quantitative estimate of drug-likeness (QED) is 0.316. The molecule has 9 nitrogen and oxygen atoms in total. The number of carbonyl (C=O) groups excluding carboxylic acids is 1. The number of fused-ring (bicyclic) bond motifs is 1. The first kappa shape index (κ1) is 25.1. The predicted octanol–water partition coefficient (Wildman–Crippen LogP) is 5.19. The summed E-state index contributed by atoms with van der Waals surface area (Å²) in [6, 6.07) is 13.2. The zero-order valence-corrected chi connectivity index (χ0v) is 22.1. The third-order valence-electron chi connectivity index (χ3n) is 7.45. The van der Waals surface area contributed by atoms with Gasteiger partial charge in [0.05, 0.1) is 33.5 Å². The number of pyridine rings is 2. The van der Waals surface area contributed by atoms with Gasteiger partial charge < -0.3 is 9.73 Å².